The van der Waals surface area contributed by atoms with Crippen LogP contribution < -0.4 is 4.74 Å². The number of rotatable bonds is 7. The van der Waals surface area contributed by atoms with Crippen LogP contribution in [0.4, 0.5) is 0 Å². The van der Waals surface area contributed by atoms with Gasteiger partial charge in [0.25, 0.3) is 0 Å². The van der Waals surface area contributed by atoms with E-state index >= 15 is 0 Å². The Hall–Kier alpha value is -2.11. The summed E-state index contributed by atoms with van der Waals surface area (Å²) in [6, 6.07) is 12.4. The van der Waals surface area contributed by atoms with Gasteiger partial charge in [-0.2, -0.15) is 0 Å². The molecule has 0 radical (unpaired) electrons. The first-order valence-electron chi connectivity index (χ1n) is 10.2. The minimum absolute atomic E-state index is 0.800. The molecule has 0 spiro atoms. The summed E-state index contributed by atoms with van der Waals surface area (Å²) in [7, 11) is 2.22. The molecule has 4 nitrogen and oxygen atoms in total. The van der Waals surface area contributed by atoms with E-state index in [0.717, 1.165) is 47.5 Å². The van der Waals surface area contributed by atoms with Crippen molar-refractivity contribution in [3.05, 3.63) is 47.5 Å². The van der Waals surface area contributed by atoms with Crippen molar-refractivity contribution < 1.29 is 4.74 Å². The molecule has 1 aliphatic heterocycles. The van der Waals surface area contributed by atoms with Crippen molar-refractivity contribution in [2.45, 2.75) is 32.6 Å². The Bertz CT molecular complexity index is 862. The third kappa shape index (κ3) is 4.65. The van der Waals surface area contributed by atoms with Gasteiger partial charge in [-0.1, -0.05) is 6.07 Å². The molecule has 28 heavy (non-hydrogen) atoms. The molecule has 1 aliphatic rings. The van der Waals surface area contributed by atoms with Gasteiger partial charge < -0.3 is 14.6 Å². The number of thiophene rings is 1. The number of hydrogen-bond donors (Lipinski definition) is 1. The fraction of sp³-hybridized carbons (Fsp3) is 0.435. The van der Waals surface area contributed by atoms with Crippen LogP contribution in [0.5, 0.6) is 5.75 Å². The first-order valence-corrected chi connectivity index (χ1v) is 11.1. The van der Waals surface area contributed by atoms with Crippen LogP contribution in [0.25, 0.3) is 22.0 Å². The van der Waals surface area contributed by atoms with E-state index in [1.165, 1.54) is 37.2 Å². The normalized spacial score (nSPS) is 15.8. The Morgan fingerprint density at radius 2 is 1.96 bits per heavy atom. The van der Waals surface area contributed by atoms with Crippen LogP contribution in [0.1, 0.15) is 31.4 Å². The van der Waals surface area contributed by atoms with Gasteiger partial charge in [0.2, 0.25) is 0 Å². The molecule has 0 saturated carbocycles. The molecule has 148 valence electrons. The standard InChI is InChI=1S/C23H29N3OS/c1-17-22(21-6-4-16-28-21)25-23(24-17)19-7-9-20(10-8-19)27-15-3-5-18-11-13-26(2)14-12-18/h4,6-10,16,18H,3,5,11-15H2,1-2H3,(H,24,25). The summed E-state index contributed by atoms with van der Waals surface area (Å²) in [5, 5.41) is 2.09. The van der Waals surface area contributed by atoms with Gasteiger partial charge in [-0.15, -0.1) is 11.3 Å². The number of aromatic amines is 1. The van der Waals surface area contributed by atoms with Gasteiger partial charge in [0.05, 0.1) is 11.5 Å². The summed E-state index contributed by atoms with van der Waals surface area (Å²) in [6.07, 6.45) is 5.09. The second kappa shape index (κ2) is 8.93. The van der Waals surface area contributed by atoms with E-state index in [4.69, 9.17) is 9.72 Å². The molecular formula is C23H29N3OS. The first-order chi connectivity index (χ1) is 13.7. The van der Waals surface area contributed by atoms with Gasteiger partial charge in [0.1, 0.15) is 17.3 Å². The summed E-state index contributed by atoms with van der Waals surface area (Å²) in [4.78, 5) is 11.8. The number of piperidine rings is 1. The highest BCUT2D eigenvalue weighted by molar-refractivity contribution is 7.13. The van der Waals surface area contributed by atoms with Gasteiger partial charge in [0.15, 0.2) is 0 Å². The highest BCUT2D eigenvalue weighted by atomic mass is 32.1. The van der Waals surface area contributed by atoms with Crippen LogP contribution in [0.15, 0.2) is 41.8 Å². The summed E-state index contributed by atoms with van der Waals surface area (Å²) in [5.41, 5.74) is 3.23. The highest BCUT2D eigenvalue weighted by Crippen LogP contribution is 2.29. The number of aryl methyl sites for hydroxylation is 1. The van der Waals surface area contributed by atoms with Crippen molar-refractivity contribution >= 4 is 11.3 Å². The minimum atomic E-state index is 0.800. The lowest BCUT2D eigenvalue weighted by atomic mass is 9.93. The molecule has 0 atom stereocenters. The lowest BCUT2D eigenvalue weighted by Crippen LogP contribution is -2.30. The number of imidazole rings is 1. The SMILES string of the molecule is Cc1[nH]c(-c2ccc(OCCCC3CCN(C)CC3)cc2)nc1-c1cccs1. The molecule has 1 N–H and O–H groups in total. The summed E-state index contributed by atoms with van der Waals surface area (Å²) in [6.45, 7) is 5.36. The maximum atomic E-state index is 5.96. The predicted octanol–water partition coefficient (Wildman–Crippen LogP) is 5.61. The topological polar surface area (TPSA) is 41.1 Å². The van der Waals surface area contributed by atoms with Gasteiger partial charge in [-0.05, 0) is 94.4 Å². The molecule has 0 amide bonds. The molecule has 0 bridgehead atoms. The van der Waals surface area contributed by atoms with Crippen LogP contribution in [-0.2, 0) is 0 Å². The van der Waals surface area contributed by atoms with Crippen LogP contribution in [0.3, 0.4) is 0 Å². The maximum Gasteiger partial charge on any atom is 0.138 e. The zero-order valence-corrected chi connectivity index (χ0v) is 17.6. The number of likely N-dealkylation sites (tertiary alicyclic amines) is 1. The van der Waals surface area contributed by atoms with E-state index < -0.39 is 0 Å². The lowest BCUT2D eigenvalue weighted by molar-refractivity contribution is 0.200. The minimum Gasteiger partial charge on any atom is -0.494 e. The summed E-state index contributed by atoms with van der Waals surface area (Å²) in [5.74, 6) is 2.73. The van der Waals surface area contributed by atoms with Crippen molar-refractivity contribution in [3.63, 3.8) is 0 Å². The maximum absolute atomic E-state index is 5.96. The van der Waals surface area contributed by atoms with Gasteiger partial charge in [-0.3, -0.25) is 0 Å². The molecule has 1 fully saturated rings. The van der Waals surface area contributed by atoms with Crippen LogP contribution >= 0.6 is 11.3 Å². The van der Waals surface area contributed by atoms with Crippen molar-refractivity contribution in [3.8, 4) is 27.7 Å². The molecule has 2 aromatic heterocycles. The summed E-state index contributed by atoms with van der Waals surface area (Å²) < 4.78 is 5.96. The van der Waals surface area contributed by atoms with E-state index in [1.54, 1.807) is 11.3 Å². The Labute approximate surface area is 171 Å². The Morgan fingerprint density at radius 1 is 1.18 bits per heavy atom. The monoisotopic (exact) mass is 395 g/mol. The predicted molar refractivity (Wildman–Crippen MR) is 117 cm³/mol. The van der Waals surface area contributed by atoms with Gasteiger partial charge in [0, 0.05) is 11.3 Å². The molecule has 4 rings (SSSR count). The third-order valence-electron chi connectivity index (χ3n) is 5.63. The Balaban J connectivity index is 1.29. The first kappa shape index (κ1) is 19.2. The molecule has 5 heteroatoms. The Morgan fingerprint density at radius 3 is 2.68 bits per heavy atom. The molecule has 3 aromatic rings. The Kier molecular flexibility index (Phi) is 6.13. The fourth-order valence-corrected chi connectivity index (χ4v) is 4.64. The molecule has 1 saturated heterocycles. The van der Waals surface area contributed by atoms with Crippen LogP contribution in [0.2, 0.25) is 0 Å². The molecular weight excluding hydrogens is 366 g/mol. The van der Waals surface area contributed by atoms with E-state index in [9.17, 15) is 0 Å². The zero-order chi connectivity index (χ0) is 19.3. The van der Waals surface area contributed by atoms with Crippen molar-refractivity contribution in [2.75, 3.05) is 26.7 Å². The van der Waals surface area contributed by atoms with Crippen LogP contribution in [0, 0.1) is 12.8 Å². The molecule has 0 unspecified atom stereocenters. The number of benzene rings is 1. The van der Waals surface area contributed by atoms with Crippen molar-refractivity contribution in [1.29, 1.82) is 0 Å². The van der Waals surface area contributed by atoms with Gasteiger partial charge >= 0.3 is 0 Å². The second-order valence-electron chi connectivity index (χ2n) is 7.80. The summed E-state index contributed by atoms with van der Waals surface area (Å²) >= 11 is 1.72. The third-order valence-corrected chi connectivity index (χ3v) is 6.51. The van der Waals surface area contributed by atoms with Crippen molar-refractivity contribution in [2.24, 2.45) is 5.92 Å². The fourth-order valence-electron chi connectivity index (χ4n) is 3.87. The van der Waals surface area contributed by atoms with Gasteiger partial charge in [-0.25, -0.2) is 4.98 Å². The van der Waals surface area contributed by atoms with E-state index in [0.29, 0.717) is 0 Å². The lowest BCUT2D eigenvalue weighted by Gasteiger charge is -2.28. The smallest absolute Gasteiger partial charge is 0.138 e. The average Bonchev–Trinajstić information content (AvgIpc) is 3.37. The van der Waals surface area contributed by atoms with E-state index in [2.05, 4.69) is 53.5 Å². The number of nitrogens with zero attached hydrogens (tertiary/aromatic N) is 2. The average molecular weight is 396 g/mol. The van der Waals surface area contributed by atoms with Crippen molar-refractivity contribution in [1.82, 2.24) is 14.9 Å². The molecule has 1 aromatic carbocycles. The zero-order valence-electron chi connectivity index (χ0n) is 16.8. The number of ether oxygens (including phenoxy) is 1. The largest absolute Gasteiger partial charge is 0.494 e. The van der Waals surface area contributed by atoms with E-state index in [1.807, 2.05) is 12.1 Å². The number of nitrogens with one attached hydrogen (secondary N) is 1. The van der Waals surface area contributed by atoms with Crippen LogP contribution in [-0.4, -0.2) is 41.6 Å². The quantitative estimate of drug-likeness (QED) is 0.528. The van der Waals surface area contributed by atoms with E-state index in [-0.39, 0.29) is 0 Å². The molecule has 0 aliphatic carbocycles. The number of H-pyrrole nitrogens is 1. The second-order valence-corrected chi connectivity index (χ2v) is 8.75. The number of aromatic nitrogens is 2. The molecule has 3 heterocycles. The number of hydrogen-bond acceptors (Lipinski definition) is 4. The highest BCUT2D eigenvalue weighted by Gasteiger charge is 2.16.